The number of amides is 4. The van der Waals surface area contributed by atoms with Crippen LogP contribution < -0.4 is 21.3 Å². The van der Waals surface area contributed by atoms with E-state index in [2.05, 4.69) is 26.3 Å². The van der Waals surface area contributed by atoms with Gasteiger partial charge in [0.25, 0.3) is 5.91 Å². The third-order valence-electron chi connectivity index (χ3n) is 5.63. The second kappa shape index (κ2) is 10.4. The van der Waals surface area contributed by atoms with Crippen LogP contribution in [-0.2, 0) is 19.2 Å². The van der Waals surface area contributed by atoms with Gasteiger partial charge in [-0.05, 0) is 38.8 Å². The number of alkyl halides is 1. The third-order valence-corrected chi connectivity index (χ3v) is 5.63. The summed E-state index contributed by atoms with van der Waals surface area (Å²) in [6.07, 6.45) is 1.24. The van der Waals surface area contributed by atoms with Crippen molar-refractivity contribution in [2.24, 2.45) is 5.92 Å². The Morgan fingerprint density at radius 1 is 1.24 bits per heavy atom. The molecule has 34 heavy (non-hydrogen) atoms. The van der Waals surface area contributed by atoms with E-state index in [-0.39, 0.29) is 23.9 Å². The number of halogens is 1. The molecule has 3 unspecified atom stereocenters. The maximum atomic E-state index is 14.8. The highest BCUT2D eigenvalue weighted by Gasteiger charge is 2.37. The minimum Gasteiger partial charge on any atom is -0.356 e. The summed E-state index contributed by atoms with van der Waals surface area (Å²) in [5.74, 6) is -2.80. The molecule has 1 fully saturated rings. The van der Waals surface area contributed by atoms with E-state index in [0.29, 0.717) is 24.8 Å². The molecule has 1 aliphatic rings. The molecule has 4 amide bonds. The number of carbonyl (C=O) groups excluding carboxylic acids is 5. The summed E-state index contributed by atoms with van der Waals surface area (Å²) in [6, 6.07) is 6.29. The zero-order valence-electron chi connectivity index (χ0n) is 18.9. The van der Waals surface area contributed by atoms with Gasteiger partial charge in [-0.1, -0.05) is 18.2 Å². The van der Waals surface area contributed by atoms with Gasteiger partial charge in [-0.15, -0.1) is 0 Å². The molecule has 0 aliphatic carbocycles. The molecule has 10 nitrogen and oxygen atoms in total. The highest BCUT2D eigenvalue weighted by molar-refractivity contribution is 6.00. The van der Waals surface area contributed by atoms with Crippen LogP contribution in [0.2, 0.25) is 0 Å². The first-order chi connectivity index (χ1) is 16.1. The van der Waals surface area contributed by atoms with E-state index < -0.39 is 42.0 Å². The van der Waals surface area contributed by atoms with Crippen molar-refractivity contribution in [3.63, 3.8) is 0 Å². The fourth-order valence-electron chi connectivity index (χ4n) is 3.81. The Balaban J connectivity index is 1.57. The third kappa shape index (κ3) is 6.18. The van der Waals surface area contributed by atoms with Crippen LogP contribution in [0.3, 0.4) is 0 Å². The number of carbonyl (C=O) groups is 5. The topological polar surface area (TPSA) is 149 Å². The smallest absolute Gasteiger partial charge is 0.268 e. The van der Waals surface area contributed by atoms with Gasteiger partial charge in [0.1, 0.15) is 23.7 Å². The van der Waals surface area contributed by atoms with Crippen molar-refractivity contribution in [2.45, 2.75) is 44.4 Å². The van der Waals surface area contributed by atoms with Gasteiger partial charge >= 0.3 is 0 Å². The van der Waals surface area contributed by atoms with Crippen LogP contribution in [0, 0.1) is 5.92 Å². The second-order valence-electron chi connectivity index (χ2n) is 8.78. The maximum absolute atomic E-state index is 14.8. The first kappa shape index (κ1) is 24.9. The summed E-state index contributed by atoms with van der Waals surface area (Å²) >= 11 is 0. The minimum absolute atomic E-state index is 0.149. The molecule has 0 radical (unpaired) electrons. The standard InChI is InChI=1S/C23H28FN5O5/c1-23(2,24)19(29-21(33)17-10-13-5-3-4-6-16(13)28-17)22(34)26-11-18(31)27-15(12-30)9-14-7-8-25-20(14)32/h3-6,10,12,14-15,19,28H,7-9,11H2,1-2H3,(H,25,32)(H,26,34)(H,27,31)(H,29,33). The Bertz CT molecular complexity index is 1060. The number of benzene rings is 1. The van der Waals surface area contributed by atoms with Crippen LogP contribution in [0.4, 0.5) is 4.39 Å². The number of para-hydroxylation sites is 1. The number of H-pyrrole nitrogens is 1. The van der Waals surface area contributed by atoms with Crippen molar-refractivity contribution in [3.05, 3.63) is 36.0 Å². The van der Waals surface area contributed by atoms with Gasteiger partial charge in [0.15, 0.2) is 0 Å². The lowest BCUT2D eigenvalue weighted by atomic mass is 9.99. The van der Waals surface area contributed by atoms with E-state index >= 15 is 0 Å². The minimum atomic E-state index is -2.14. The Morgan fingerprint density at radius 2 is 1.97 bits per heavy atom. The monoisotopic (exact) mass is 473 g/mol. The van der Waals surface area contributed by atoms with Crippen LogP contribution in [0.15, 0.2) is 30.3 Å². The normalized spacial score (nSPS) is 17.5. The summed E-state index contributed by atoms with van der Waals surface area (Å²) in [4.78, 5) is 63.4. The van der Waals surface area contributed by atoms with Crippen LogP contribution >= 0.6 is 0 Å². The number of aldehydes is 1. The van der Waals surface area contributed by atoms with E-state index in [0.717, 1.165) is 19.2 Å². The molecule has 2 aromatic rings. The van der Waals surface area contributed by atoms with E-state index in [1.165, 1.54) is 0 Å². The molecule has 2 heterocycles. The predicted molar refractivity (Wildman–Crippen MR) is 121 cm³/mol. The maximum Gasteiger partial charge on any atom is 0.268 e. The van der Waals surface area contributed by atoms with Gasteiger partial charge < -0.3 is 31.0 Å². The molecule has 0 saturated carbocycles. The Morgan fingerprint density at radius 3 is 2.59 bits per heavy atom. The van der Waals surface area contributed by atoms with Crippen molar-refractivity contribution < 1.29 is 28.4 Å². The van der Waals surface area contributed by atoms with Crippen LogP contribution in [0.5, 0.6) is 0 Å². The molecular formula is C23H28FN5O5. The average molecular weight is 474 g/mol. The molecule has 1 aromatic heterocycles. The van der Waals surface area contributed by atoms with Crippen LogP contribution in [0.25, 0.3) is 10.9 Å². The second-order valence-corrected chi connectivity index (χ2v) is 8.78. The molecular weight excluding hydrogens is 445 g/mol. The number of aromatic nitrogens is 1. The lowest BCUT2D eigenvalue weighted by Gasteiger charge is -2.26. The summed E-state index contributed by atoms with van der Waals surface area (Å²) in [6.45, 7) is 2.26. The highest BCUT2D eigenvalue weighted by atomic mass is 19.1. The first-order valence-electron chi connectivity index (χ1n) is 11.0. The number of fused-ring (bicyclic) bond motifs is 1. The fourth-order valence-corrected chi connectivity index (χ4v) is 3.81. The number of nitrogens with one attached hydrogen (secondary N) is 5. The summed E-state index contributed by atoms with van der Waals surface area (Å²) in [5.41, 5.74) is -1.26. The summed E-state index contributed by atoms with van der Waals surface area (Å²) in [5, 5.41) is 10.5. The van der Waals surface area contributed by atoms with Crippen molar-refractivity contribution in [1.29, 1.82) is 0 Å². The van der Waals surface area contributed by atoms with E-state index in [1.807, 2.05) is 6.07 Å². The van der Waals surface area contributed by atoms with Crippen LogP contribution in [0.1, 0.15) is 37.2 Å². The number of hydrogen-bond acceptors (Lipinski definition) is 5. The van der Waals surface area contributed by atoms with Gasteiger partial charge in [0.05, 0.1) is 12.6 Å². The van der Waals surface area contributed by atoms with Crippen molar-refractivity contribution in [3.8, 4) is 0 Å². The molecule has 1 aliphatic heterocycles. The summed E-state index contributed by atoms with van der Waals surface area (Å²) in [7, 11) is 0. The number of rotatable bonds is 10. The largest absolute Gasteiger partial charge is 0.356 e. The molecule has 1 saturated heterocycles. The first-order valence-corrected chi connectivity index (χ1v) is 11.0. The summed E-state index contributed by atoms with van der Waals surface area (Å²) < 4.78 is 14.8. The van der Waals surface area contributed by atoms with E-state index in [4.69, 9.17) is 0 Å². The molecule has 5 N–H and O–H groups in total. The molecule has 182 valence electrons. The van der Waals surface area contributed by atoms with Crippen LogP contribution in [-0.4, -0.2) is 65.7 Å². The molecule has 3 rings (SSSR count). The zero-order valence-corrected chi connectivity index (χ0v) is 18.9. The zero-order chi connectivity index (χ0) is 24.9. The number of hydrogen-bond donors (Lipinski definition) is 5. The molecule has 1 aromatic carbocycles. The molecule has 3 atom stereocenters. The lowest BCUT2D eigenvalue weighted by molar-refractivity contribution is -0.130. The number of aromatic amines is 1. The van der Waals surface area contributed by atoms with Gasteiger partial charge in [-0.25, -0.2) is 4.39 Å². The van der Waals surface area contributed by atoms with Crippen molar-refractivity contribution in [1.82, 2.24) is 26.3 Å². The Hall–Kier alpha value is -3.76. The SMILES string of the molecule is CC(C)(F)C(NC(=O)c1cc2ccccc2[nH]1)C(=O)NCC(=O)NC(C=O)CC1CCNC1=O. The van der Waals surface area contributed by atoms with E-state index in [9.17, 15) is 28.4 Å². The molecule has 0 bridgehead atoms. The molecule has 0 spiro atoms. The average Bonchev–Trinajstić information content (AvgIpc) is 3.40. The van der Waals surface area contributed by atoms with Crippen molar-refractivity contribution in [2.75, 3.05) is 13.1 Å². The lowest BCUT2D eigenvalue weighted by Crippen LogP contribution is -2.57. The predicted octanol–water partition coefficient (Wildman–Crippen LogP) is 0.341. The van der Waals surface area contributed by atoms with Gasteiger partial charge in [-0.2, -0.15) is 0 Å². The van der Waals surface area contributed by atoms with E-state index in [1.54, 1.807) is 24.3 Å². The fraction of sp³-hybridized carbons (Fsp3) is 0.435. The molecule has 11 heteroatoms. The Kier molecular flexibility index (Phi) is 7.64. The quantitative estimate of drug-likeness (QED) is 0.316. The highest BCUT2D eigenvalue weighted by Crippen LogP contribution is 2.18. The Labute approximate surface area is 195 Å². The van der Waals surface area contributed by atoms with Gasteiger partial charge in [0, 0.05) is 23.4 Å². The van der Waals surface area contributed by atoms with Gasteiger partial charge in [-0.3, -0.25) is 19.2 Å². The van der Waals surface area contributed by atoms with Crippen molar-refractivity contribution >= 4 is 40.8 Å². The van der Waals surface area contributed by atoms with Gasteiger partial charge in [0.2, 0.25) is 17.7 Å².